The SMILES string of the molecule is Clc1nc(Nc2ccccc2)c2ncn(C/C=C/CCCc3ccccc3)c2n1. The fraction of sp³-hybridized carbons (Fsp3) is 0.174. The molecule has 1 N–H and O–H groups in total. The Morgan fingerprint density at radius 3 is 2.48 bits per heavy atom. The molecule has 0 bridgehead atoms. The standard InChI is InChI=1S/C23H22ClN5/c24-23-27-21(26-19-14-8-4-9-15-19)20-22(28-23)29(17-25-20)16-10-2-1-5-11-18-12-6-3-7-13-18/h2-4,6-10,12-15,17H,1,5,11,16H2,(H,26,27,28)/b10-2+. The zero-order chi connectivity index (χ0) is 19.9. The maximum Gasteiger partial charge on any atom is 0.226 e. The van der Waals surface area contributed by atoms with Crippen LogP contribution in [0.3, 0.4) is 0 Å². The number of imidazole rings is 1. The van der Waals surface area contributed by atoms with Gasteiger partial charge < -0.3 is 9.88 Å². The van der Waals surface area contributed by atoms with Crippen molar-refractivity contribution in [2.75, 3.05) is 5.32 Å². The molecule has 0 radical (unpaired) electrons. The van der Waals surface area contributed by atoms with Crippen LogP contribution in [-0.4, -0.2) is 19.5 Å². The number of allylic oxidation sites excluding steroid dienone is 2. The van der Waals surface area contributed by atoms with Gasteiger partial charge in [-0.3, -0.25) is 0 Å². The minimum absolute atomic E-state index is 0.199. The summed E-state index contributed by atoms with van der Waals surface area (Å²) in [6.45, 7) is 0.694. The van der Waals surface area contributed by atoms with Gasteiger partial charge >= 0.3 is 0 Å². The number of para-hydroxylation sites is 1. The molecule has 4 rings (SSSR count). The number of benzene rings is 2. The van der Waals surface area contributed by atoms with E-state index >= 15 is 0 Å². The molecule has 0 spiro atoms. The molecule has 2 aromatic heterocycles. The molecule has 0 unspecified atom stereocenters. The van der Waals surface area contributed by atoms with Crippen LogP contribution in [0.25, 0.3) is 11.2 Å². The number of aromatic nitrogens is 4. The van der Waals surface area contributed by atoms with Crippen molar-refractivity contribution in [3.63, 3.8) is 0 Å². The molecule has 0 fully saturated rings. The first-order chi connectivity index (χ1) is 14.3. The van der Waals surface area contributed by atoms with Crippen LogP contribution in [0.4, 0.5) is 11.5 Å². The molecule has 29 heavy (non-hydrogen) atoms. The minimum atomic E-state index is 0.199. The smallest absolute Gasteiger partial charge is 0.226 e. The Bertz CT molecular complexity index is 1090. The van der Waals surface area contributed by atoms with Crippen LogP contribution >= 0.6 is 11.6 Å². The molecule has 0 aliphatic rings. The lowest BCUT2D eigenvalue weighted by molar-refractivity contribution is 0.812. The zero-order valence-corrected chi connectivity index (χ0v) is 16.8. The second-order valence-electron chi connectivity index (χ2n) is 6.75. The van der Waals surface area contributed by atoms with Gasteiger partial charge in [0.25, 0.3) is 0 Å². The van der Waals surface area contributed by atoms with Gasteiger partial charge in [0.05, 0.1) is 6.33 Å². The van der Waals surface area contributed by atoms with Crippen LogP contribution in [0.1, 0.15) is 18.4 Å². The van der Waals surface area contributed by atoms with Gasteiger partial charge in [-0.1, -0.05) is 60.7 Å². The van der Waals surface area contributed by atoms with Crippen molar-refractivity contribution in [2.45, 2.75) is 25.8 Å². The molecule has 2 aromatic carbocycles. The molecule has 0 aliphatic heterocycles. The molecule has 0 saturated carbocycles. The third kappa shape index (κ3) is 5.00. The molecule has 146 valence electrons. The lowest BCUT2D eigenvalue weighted by atomic mass is 10.1. The van der Waals surface area contributed by atoms with Gasteiger partial charge in [0.2, 0.25) is 5.28 Å². The van der Waals surface area contributed by atoms with Gasteiger partial charge in [-0.05, 0) is 48.6 Å². The normalized spacial score (nSPS) is 11.3. The molecule has 2 heterocycles. The largest absolute Gasteiger partial charge is 0.338 e. The van der Waals surface area contributed by atoms with Crippen molar-refractivity contribution < 1.29 is 0 Å². The summed E-state index contributed by atoms with van der Waals surface area (Å²) < 4.78 is 1.98. The molecular formula is C23H22ClN5. The lowest BCUT2D eigenvalue weighted by Gasteiger charge is -2.07. The molecule has 0 atom stereocenters. The highest BCUT2D eigenvalue weighted by Gasteiger charge is 2.12. The van der Waals surface area contributed by atoms with Crippen LogP contribution in [0, 0.1) is 0 Å². The van der Waals surface area contributed by atoms with Crippen LogP contribution in [0.15, 0.2) is 79.1 Å². The summed E-state index contributed by atoms with van der Waals surface area (Å²) in [6, 6.07) is 20.4. The van der Waals surface area contributed by atoms with Crippen molar-refractivity contribution in [3.8, 4) is 0 Å². The Morgan fingerprint density at radius 1 is 0.931 bits per heavy atom. The van der Waals surface area contributed by atoms with Crippen molar-refractivity contribution in [1.29, 1.82) is 0 Å². The van der Waals surface area contributed by atoms with Gasteiger partial charge in [0.15, 0.2) is 17.0 Å². The van der Waals surface area contributed by atoms with Crippen LogP contribution < -0.4 is 5.32 Å². The molecule has 6 heteroatoms. The first kappa shape index (κ1) is 19.2. The Balaban J connectivity index is 1.40. The Hall–Kier alpha value is -3.18. The van der Waals surface area contributed by atoms with Crippen molar-refractivity contribution >= 4 is 34.3 Å². The number of fused-ring (bicyclic) bond motifs is 1. The average molecular weight is 404 g/mol. The maximum absolute atomic E-state index is 6.16. The predicted molar refractivity (Wildman–Crippen MR) is 119 cm³/mol. The number of hydrogen-bond acceptors (Lipinski definition) is 4. The Kier molecular flexibility index (Phi) is 6.17. The third-order valence-electron chi connectivity index (χ3n) is 4.62. The Labute approximate surface area is 175 Å². The van der Waals surface area contributed by atoms with Crippen molar-refractivity contribution in [3.05, 3.63) is 90.0 Å². The quantitative estimate of drug-likeness (QED) is 0.229. The van der Waals surface area contributed by atoms with E-state index < -0.39 is 0 Å². The van der Waals surface area contributed by atoms with Crippen LogP contribution in [0.2, 0.25) is 5.28 Å². The number of anilines is 2. The van der Waals surface area contributed by atoms with Gasteiger partial charge in [0, 0.05) is 12.2 Å². The number of halogens is 1. The van der Waals surface area contributed by atoms with Gasteiger partial charge in [-0.2, -0.15) is 9.97 Å². The summed E-state index contributed by atoms with van der Waals surface area (Å²) in [7, 11) is 0. The third-order valence-corrected chi connectivity index (χ3v) is 4.79. The topological polar surface area (TPSA) is 55.6 Å². The van der Waals surface area contributed by atoms with Gasteiger partial charge in [-0.25, -0.2) is 4.98 Å². The number of aryl methyl sites for hydroxylation is 1. The van der Waals surface area contributed by atoms with Gasteiger partial charge in [-0.15, -0.1) is 0 Å². The van der Waals surface area contributed by atoms with E-state index in [0.717, 1.165) is 30.6 Å². The average Bonchev–Trinajstić information content (AvgIpc) is 3.15. The number of nitrogens with zero attached hydrogens (tertiary/aromatic N) is 4. The zero-order valence-electron chi connectivity index (χ0n) is 16.0. The highest BCUT2D eigenvalue weighted by molar-refractivity contribution is 6.28. The summed E-state index contributed by atoms with van der Waals surface area (Å²) in [4.78, 5) is 13.2. The van der Waals surface area contributed by atoms with E-state index in [-0.39, 0.29) is 5.28 Å². The first-order valence-electron chi connectivity index (χ1n) is 9.69. The molecule has 0 saturated heterocycles. The molecular weight excluding hydrogens is 382 g/mol. The van der Waals surface area contributed by atoms with Crippen molar-refractivity contribution in [1.82, 2.24) is 19.5 Å². The second-order valence-corrected chi connectivity index (χ2v) is 7.09. The van der Waals surface area contributed by atoms with E-state index in [4.69, 9.17) is 11.6 Å². The second kappa shape index (κ2) is 9.34. The van der Waals surface area contributed by atoms with E-state index in [9.17, 15) is 0 Å². The summed E-state index contributed by atoms with van der Waals surface area (Å²) in [5.41, 5.74) is 3.73. The summed E-state index contributed by atoms with van der Waals surface area (Å²) >= 11 is 6.16. The number of hydrogen-bond donors (Lipinski definition) is 1. The maximum atomic E-state index is 6.16. The van der Waals surface area contributed by atoms with E-state index in [1.54, 1.807) is 6.33 Å². The number of unbranched alkanes of at least 4 members (excludes halogenated alkanes) is 1. The Morgan fingerprint density at radius 2 is 1.69 bits per heavy atom. The molecule has 0 amide bonds. The summed E-state index contributed by atoms with van der Waals surface area (Å²) in [5, 5.41) is 3.47. The number of rotatable bonds is 8. The van der Waals surface area contributed by atoms with E-state index in [2.05, 4.69) is 62.8 Å². The summed E-state index contributed by atoms with van der Waals surface area (Å²) in [5.74, 6) is 0.608. The lowest BCUT2D eigenvalue weighted by Crippen LogP contribution is -2.00. The minimum Gasteiger partial charge on any atom is -0.338 e. The summed E-state index contributed by atoms with van der Waals surface area (Å²) in [6.07, 6.45) is 9.40. The van der Waals surface area contributed by atoms with Crippen LogP contribution in [-0.2, 0) is 13.0 Å². The molecule has 5 nitrogen and oxygen atoms in total. The highest BCUT2D eigenvalue weighted by atomic mass is 35.5. The van der Waals surface area contributed by atoms with Crippen LogP contribution in [0.5, 0.6) is 0 Å². The molecule has 0 aliphatic carbocycles. The highest BCUT2D eigenvalue weighted by Crippen LogP contribution is 2.24. The van der Waals surface area contributed by atoms with E-state index in [1.807, 2.05) is 34.9 Å². The predicted octanol–water partition coefficient (Wildman–Crippen LogP) is 5.80. The fourth-order valence-electron chi connectivity index (χ4n) is 3.17. The monoisotopic (exact) mass is 403 g/mol. The van der Waals surface area contributed by atoms with Gasteiger partial charge in [0.1, 0.15) is 0 Å². The van der Waals surface area contributed by atoms with E-state index in [0.29, 0.717) is 17.9 Å². The molecule has 4 aromatic rings. The number of nitrogens with one attached hydrogen (secondary N) is 1. The van der Waals surface area contributed by atoms with E-state index in [1.165, 1.54) is 5.56 Å². The fourth-order valence-corrected chi connectivity index (χ4v) is 3.34. The van der Waals surface area contributed by atoms with Crippen molar-refractivity contribution in [2.24, 2.45) is 0 Å². The first-order valence-corrected chi connectivity index (χ1v) is 10.1.